The van der Waals surface area contributed by atoms with Crippen LogP contribution in [0.2, 0.25) is 0 Å². The first-order valence-electron chi connectivity index (χ1n) is 8.79. The molecule has 1 aromatic heterocycles. The van der Waals surface area contributed by atoms with Crippen LogP contribution in [-0.4, -0.2) is 19.0 Å². The molecular weight excluding hydrogens is 330 g/mol. The van der Waals surface area contributed by atoms with E-state index in [0.29, 0.717) is 18.5 Å². The lowest BCUT2D eigenvalue weighted by Gasteiger charge is -2.24. The van der Waals surface area contributed by atoms with Crippen LogP contribution in [0.4, 0.5) is 10.7 Å². The van der Waals surface area contributed by atoms with Gasteiger partial charge in [-0.05, 0) is 50.3 Å². The van der Waals surface area contributed by atoms with Crippen LogP contribution in [-0.2, 0) is 17.6 Å². The van der Waals surface area contributed by atoms with Gasteiger partial charge in [0, 0.05) is 30.1 Å². The van der Waals surface area contributed by atoms with Gasteiger partial charge in [-0.1, -0.05) is 18.2 Å². The molecule has 4 nitrogen and oxygen atoms in total. The summed E-state index contributed by atoms with van der Waals surface area (Å²) in [5.74, 6) is -0.0246. The molecular formula is C20H23N3OS. The van der Waals surface area contributed by atoms with E-state index in [4.69, 9.17) is 0 Å². The quantitative estimate of drug-likeness (QED) is 0.843. The van der Waals surface area contributed by atoms with Crippen molar-refractivity contribution < 1.29 is 4.79 Å². The van der Waals surface area contributed by atoms with E-state index in [2.05, 4.69) is 42.3 Å². The third-order valence-corrected chi connectivity index (χ3v) is 5.94. The highest BCUT2D eigenvalue weighted by Crippen LogP contribution is 2.38. The summed E-state index contributed by atoms with van der Waals surface area (Å²) in [7, 11) is 0. The van der Waals surface area contributed by atoms with Crippen molar-refractivity contribution >= 4 is 27.9 Å². The number of carbonyl (C=O) groups is 1. The molecule has 3 rings (SSSR count). The van der Waals surface area contributed by atoms with Gasteiger partial charge in [-0.15, -0.1) is 11.3 Å². The Morgan fingerprint density at radius 3 is 2.88 bits per heavy atom. The maximum absolute atomic E-state index is 12.4. The molecule has 0 atom stereocenters. The fourth-order valence-corrected chi connectivity index (χ4v) is 4.66. The zero-order valence-corrected chi connectivity index (χ0v) is 15.6. The Morgan fingerprint density at radius 1 is 1.36 bits per heavy atom. The first-order chi connectivity index (χ1) is 12.1. The highest BCUT2D eigenvalue weighted by atomic mass is 32.1. The maximum Gasteiger partial charge on any atom is 0.226 e. The molecule has 1 aliphatic rings. The molecule has 0 unspecified atom stereocenters. The molecule has 2 aromatic rings. The number of nitrogens with one attached hydrogen (secondary N) is 1. The van der Waals surface area contributed by atoms with Crippen LogP contribution in [0, 0.1) is 18.3 Å². The van der Waals surface area contributed by atoms with Crippen LogP contribution < -0.4 is 10.2 Å². The molecule has 0 radical (unpaired) electrons. The molecule has 1 aliphatic carbocycles. The summed E-state index contributed by atoms with van der Waals surface area (Å²) >= 11 is 1.57. The van der Waals surface area contributed by atoms with Crippen molar-refractivity contribution in [3.05, 3.63) is 45.8 Å². The van der Waals surface area contributed by atoms with Crippen molar-refractivity contribution in [1.29, 1.82) is 5.26 Å². The first-order valence-corrected chi connectivity index (χ1v) is 9.60. The van der Waals surface area contributed by atoms with E-state index in [1.54, 1.807) is 11.3 Å². The van der Waals surface area contributed by atoms with Crippen LogP contribution in [0.25, 0.3) is 0 Å². The second kappa shape index (κ2) is 7.71. The summed E-state index contributed by atoms with van der Waals surface area (Å²) in [6.07, 6.45) is 3.52. The third-order valence-electron chi connectivity index (χ3n) is 4.73. The number of thiophene rings is 1. The average Bonchev–Trinajstić information content (AvgIpc) is 3.17. The fourth-order valence-electron chi connectivity index (χ4n) is 3.40. The molecule has 1 aromatic carbocycles. The summed E-state index contributed by atoms with van der Waals surface area (Å²) in [5, 5.41) is 13.1. The Morgan fingerprint density at radius 2 is 2.16 bits per heavy atom. The summed E-state index contributed by atoms with van der Waals surface area (Å²) in [6, 6.07) is 10.5. The molecule has 1 heterocycles. The topological polar surface area (TPSA) is 56.1 Å². The van der Waals surface area contributed by atoms with Crippen LogP contribution in [0.5, 0.6) is 0 Å². The van der Waals surface area contributed by atoms with Crippen molar-refractivity contribution in [3.8, 4) is 6.07 Å². The standard InChI is InChI=1S/C20H23N3OS/c1-3-23(17-9-5-4-7-14(17)2)12-11-19(24)22-20-16(13-21)15-8-6-10-18(15)25-20/h4-5,7,9H,3,6,8,10-12H2,1-2H3,(H,22,24). The number of fused-ring (bicyclic) bond motifs is 1. The number of hydrogen-bond donors (Lipinski definition) is 1. The zero-order valence-electron chi connectivity index (χ0n) is 14.8. The van der Waals surface area contributed by atoms with E-state index < -0.39 is 0 Å². The van der Waals surface area contributed by atoms with Crippen molar-refractivity contribution in [2.75, 3.05) is 23.3 Å². The highest BCUT2D eigenvalue weighted by molar-refractivity contribution is 7.16. The summed E-state index contributed by atoms with van der Waals surface area (Å²) in [5.41, 5.74) is 4.21. The fraction of sp³-hybridized carbons (Fsp3) is 0.400. The number of aryl methyl sites for hydroxylation is 2. The normalized spacial score (nSPS) is 12.5. The van der Waals surface area contributed by atoms with Gasteiger partial charge in [0.15, 0.2) is 0 Å². The van der Waals surface area contributed by atoms with Gasteiger partial charge in [0.1, 0.15) is 11.1 Å². The van der Waals surface area contributed by atoms with E-state index in [1.807, 2.05) is 12.1 Å². The van der Waals surface area contributed by atoms with Gasteiger partial charge in [-0.3, -0.25) is 4.79 Å². The van der Waals surface area contributed by atoms with Crippen LogP contribution in [0.3, 0.4) is 0 Å². The van der Waals surface area contributed by atoms with Crippen molar-refractivity contribution in [1.82, 2.24) is 0 Å². The van der Waals surface area contributed by atoms with Crippen molar-refractivity contribution in [2.24, 2.45) is 0 Å². The van der Waals surface area contributed by atoms with Crippen LogP contribution >= 0.6 is 11.3 Å². The van der Waals surface area contributed by atoms with Crippen LogP contribution in [0.1, 0.15) is 41.3 Å². The minimum absolute atomic E-state index is 0.0246. The number of nitriles is 1. The number of para-hydroxylation sites is 1. The number of carbonyl (C=O) groups excluding carboxylic acids is 1. The van der Waals surface area contributed by atoms with E-state index in [1.165, 1.54) is 16.1 Å². The molecule has 1 N–H and O–H groups in total. The van der Waals surface area contributed by atoms with E-state index in [9.17, 15) is 10.1 Å². The van der Waals surface area contributed by atoms with E-state index in [0.717, 1.165) is 36.4 Å². The van der Waals surface area contributed by atoms with Gasteiger partial charge >= 0.3 is 0 Å². The van der Waals surface area contributed by atoms with E-state index >= 15 is 0 Å². The van der Waals surface area contributed by atoms with Gasteiger partial charge in [0.05, 0.1) is 5.56 Å². The second-order valence-electron chi connectivity index (χ2n) is 6.34. The lowest BCUT2D eigenvalue weighted by molar-refractivity contribution is -0.116. The first kappa shape index (κ1) is 17.5. The molecule has 0 saturated carbocycles. The van der Waals surface area contributed by atoms with Gasteiger partial charge < -0.3 is 10.2 Å². The predicted molar refractivity (Wildman–Crippen MR) is 103 cm³/mol. The molecule has 130 valence electrons. The summed E-state index contributed by atoms with van der Waals surface area (Å²) in [4.78, 5) is 15.9. The molecule has 0 saturated heterocycles. The molecule has 0 fully saturated rings. The average molecular weight is 353 g/mol. The number of amides is 1. The van der Waals surface area contributed by atoms with Gasteiger partial charge in [-0.25, -0.2) is 0 Å². The highest BCUT2D eigenvalue weighted by Gasteiger charge is 2.23. The monoisotopic (exact) mass is 353 g/mol. The lowest BCUT2D eigenvalue weighted by atomic mass is 10.1. The number of benzene rings is 1. The SMILES string of the molecule is CCN(CCC(=O)Nc1sc2c(c1C#N)CCC2)c1ccccc1C. The Balaban J connectivity index is 1.64. The second-order valence-corrected chi connectivity index (χ2v) is 7.44. The zero-order chi connectivity index (χ0) is 17.8. The molecule has 5 heteroatoms. The molecule has 0 bridgehead atoms. The molecule has 1 amide bonds. The number of nitrogens with zero attached hydrogens (tertiary/aromatic N) is 2. The van der Waals surface area contributed by atoms with Crippen molar-refractivity contribution in [3.63, 3.8) is 0 Å². The molecule has 0 spiro atoms. The maximum atomic E-state index is 12.4. The number of hydrogen-bond acceptors (Lipinski definition) is 4. The van der Waals surface area contributed by atoms with Crippen molar-refractivity contribution in [2.45, 2.75) is 39.5 Å². The lowest BCUT2D eigenvalue weighted by Crippen LogP contribution is -2.28. The van der Waals surface area contributed by atoms with E-state index in [-0.39, 0.29) is 5.91 Å². The number of rotatable bonds is 6. The summed E-state index contributed by atoms with van der Waals surface area (Å²) in [6.45, 7) is 5.71. The predicted octanol–water partition coefficient (Wildman–Crippen LogP) is 4.27. The minimum atomic E-state index is -0.0246. The van der Waals surface area contributed by atoms with Gasteiger partial charge in [0.25, 0.3) is 0 Å². The Kier molecular flexibility index (Phi) is 5.40. The smallest absolute Gasteiger partial charge is 0.226 e. The Labute approximate surface area is 153 Å². The molecule has 25 heavy (non-hydrogen) atoms. The van der Waals surface area contributed by atoms with Gasteiger partial charge in [0.2, 0.25) is 5.91 Å². The summed E-state index contributed by atoms with van der Waals surface area (Å²) < 4.78 is 0. The number of anilines is 2. The Bertz CT molecular complexity index is 819. The largest absolute Gasteiger partial charge is 0.371 e. The Hall–Kier alpha value is -2.32. The van der Waals surface area contributed by atoms with Crippen LogP contribution in [0.15, 0.2) is 24.3 Å². The minimum Gasteiger partial charge on any atom is -0.371 e. The molecule has 0 aliphatic heterocycles. The van der Waals surface area contributed by atoms with Gasteiger partial charge in [-0.2, -0.15) is 5.26 Å². The third kappa shape index (κ3) is 3.69.